The molecule has 4 rings (SSSR count). The van der Waals surface area contributed by atoms with Crippen LogP contribution in [0.3, 0.4) is 0 Å². The molecular formula is C19H18N4O3S. The lowest BCUT2D eigenvalue weighted by atomic mass is 10.1. The van der Waals surface area contributed by atoms with Gasteiger partial charge in [-0.05, 0) is 30.3 Å². The van der Waals surface area contributed by atoms with E-state index in [9.17, 15) is 8.42 Å². The maximum Gasteiger partial charge on any atom is 0.215 e. The predicted molar refractivity (Wildman–Crippen MR) is 105 cm³/mol. The van der Waals surface area contributed by atoms with Crippen LogP contribution < -0.4 is 10.0 Å². The molecule has 0 aliphatic heterocycles. The Morgan fingerprint density at radius 2 is 1.74 bits per heavy atom. The first kappa shape index (κ1) is 17.4. The maximum atomic E-state index is 11.9. The molecule has 4 aromatic rings. The summed E-state index contributed by atoms with van der Waals surface area (Å²) in [5.41, 5.74) is 3.68. The lowest BCUT2D eigenvalue weighted by Gasteiger charge is -2.11. The van der Waals surface area contributed by atoms with Crippen LogP contribution in [0.5, 0.6) is 0 Å². The Balaban J connectivity index is 1.65. The summed E-state index contributed by atoms with van der Waals surface area (Å²) in [6, 6.07) is 15.1. The summed E-state index contributed by atoms with van der Waals surface area (Å²) >= 11 is 0. The zero-order valence-electron chi connectivity index (χ0n) is 14.6. The minimum absolute atomic E-state index is 0.0782. The van der Waals surface area contributed by atoms with Gasteiger partial charge in [0.05, 0.1) is 5.75 Å². The number of fused-ring (bicyclic) bond motifs is 3. The summed E-state index contributed by atoms with van der Waals surface area (Å²) in [5.74, 6) is 0.494. The fraction of sp³-hybridized carbons (Fsp3) is 0.158. The average Bonchev–Trinajstić information content (AvgIpc) is 3.06. The fourth-order valence-electron chi connectivity index (χ4n) is 2.98. The number of para-hydroxylation sites is 1. The molecular weight excluding hydrogens is 364 g/mol. The minimum Gasteiger partial charge on any atom is -0.450 e. The van der Waals surface area contributed by atoms with Gasteiger partial charge in [0.15, 0.2) is 11.4 Å². The first-order valence-electron chi connectivity index (χ1n) is 8.41. The molecule has 0 saturated heterocycles. The Bertz CT molecular complexity index is 1220. The highest BCUT2D eigenvalue weighted by Crippen LogP contribution is 2.30. The molecule has 2 heterocycles. The second-order valence-corrected chi connectivity index (χ2v) is 8.01. The number of hydrogen-bond donors (Lipinski definition) is 2. The lowest BCUT2D eigenvalue weighted by molar-refractivity contribution is 0.587. The highest BCUT2D eigenvalue weighted by atomic mass is 32.2. The number of benzene rings is 2. The van der Waals surface area contributed by atoms with Crippen molar-refractivity contribution in [3.05, 3.63) is 66.0 Å². The minimum atomic E-state index is -3.35. The fourth-order valence-corrected chi connectivity index (χ4v) is 3.81. The Kier molecular flexibility index (Phi) is 4.51. The summed E-state index contributed by atoms with van der Waals surface area (Å²) in [4.78, 5) is 8.62. The summed E-state index contributed by atoms with van der Waals surface area (Å²) in [7, 11) is -1.94. The van der Waals surface area contributed by atoms with Gasteiger partial charge in [0.2, 0.25) is 10.0 Å². The van der Waals surface area contributed by atoms with Crippen LogP contribution in [0.25, 0.3) is 22.1 Å². The van der Waals surface area contributed by atoms with Crippen molar-refractivity contribution in [3.63, 3.8) is 0 Å². The van der Waals surface area contributed by atoms with Gasteiger partial charge in [-0.25, -0.2) is 23.1 Å². The number of aromatic nitrogens is 2. The Labute approximate surface area is 156 Å². The third-order valence-corrected chi connectivity index (χ3v) is 5.69. The third kappa shape index (κ3) is 3.49. The van der Waals surface area contributed by atoms with Crippen molar-refractivity contribution < 1.29 is 12.8 Å². The summed E-state index contributed by atoms with van der Waals surface area (Å²) < 4.78 is 32.1. The van der Waals surface area contributed by atoms with E-state index < -0.39 is 10.0 Å². The number of anilines is 1. The van der Waals surface area contributed by atoms with E-state index in [1.807, 2.05) is 48.5 Å². The largest absolute Gasteiger partial charge is 0.450 e. The highest BCUT2D eigenvalue weighted by Gasteiger charge is 2.15. The second-order valence-electron chi connectivity index (χ2n) is 6.08. The highest BCUT2D eigenvalue weighted by molar-refractivity contribution is 7.88. The van der Waals surface area contributed by atoms with E-state index in [1.54, 1.807) is 0 Å². The van der Waals surface area contributed by atoms with Crippen LogP contribution in [0.15, 0.2) is 59.3 Å². The Morgan fingerprint density at radius 3 is 2.56 bits per heavy atom. The zero-order chi connectivity index (χ0) is 18.9. The van der Waals surface area contributed by atoms with E-state index >= 15 is 0 Å². The normalized spacial score (nSPS) is 11.9. The first-order valence-corrected chi connectivity index (χ1v) is 10.1. The Morgan fingerprint density at radius 1 is 1.00 bits per heavy atom. The standard InChI is InChI=1S/C19H18N4O3S/c1-20-27(24,25)11-14-7-3-2-6-13(14)10-21-19-18-17(22-12-23-19)15-8-4-5-9-16(15)26-18/h2-9,12,20H,10-11H2,1H3,(H,21,22,23). The van der Waals surface area contributed by atoms with Crippen LogP contribution in [-0.4, -0.2) is 25.4 Å². The molecule has 0 unspecified atom stereocenters. The van der Waals surface area contributed by atoms with Gasteiger partial charge in [-0.2, -0.15) is 0 Å². The first-order chi connectivity index (χ1) is 13.1. The van der Waals surface area contributed by atoms with Crippen LogP contribution in [0.4, 0.5) is 5.82 Å². The molecule has 0 atom stereocenters. The molecule has 0 saturated carbocycles. The molecule has 0 bridgehead atoms. The second kappa shape index (κ2) is 6.98. The van der Waals surface area contributed by atoms with Gasteiger partial charge in [0.1, 0.15) is 17.4 Å². The van der Waals surface area contributed by atoms with Crippen molar-refractivity contribution in [3.8, 4) is 0 Å². The van der Waals surface area contributed by atoms with Crippen molar-refractivity contribution >= 4 is 37.9 Å². The predicted octanol–water partition coefficient (Wildman–Crippen LogP) is 3.04. The SMILES string of the molecule is CNS(=O)(=O)Cc1ccccc1CNc1ncnc2c1oc1ccccc12. The van der Waals surface area contributed by atoms with Gasteiger partial charge in [-0.3, -0.25) is 0 Å². The van der Waals surface area contributed by atoms with Crippen molar-refractivity contribution in [2.45, 2.75) is 12.3 Å². The van der Waals surface area contributed by atoms with Gasteiger partial charge >= 0.3 is 0 Å². The van der Waals surface area contributed by atoms with E-state index in [0.717, 1.165) is 27.6 Å². The molecule has 0 aliphatic carbocycles. The number of nitrogens with one attached hydrogen (secondary N) is 2. The van der Waals surface area contributed by atoms with E-state index in [2.05, 4.69) is 20.0 Å². The van der Waals surface area contributed by atoms with Crippen molar-refractivity contribution in [1.29, 1.82) is 0 Å². The van der Waals surface area contributed by atoms with Gasteiger partial charge < -0.3 is 9.73 Å². The van der Waals surface area contributed by atoms with Crippen molar-refractivity contribution in [2.24, 2.45) is 0 Å². The summed E-state index contributed by atoms with van der Waals surface area (Å²) in [5, 5.41) is 4.18. The van der Waals surface area contributed by atoms with E-state index in [-0.39, 0.29) is 5.75 Å². The number of furan rings is 1. The molecule has 2 N–H and O–H groups in total. The molecule has 0 fully saturated rings. The topological polar surface area (TPSA) is 97.1 Å². The lowest BCUT2D eigenvalue weighted by Crippen LogP contribution is -2.21. The monoisotopic (exact) mass is 382 g/mol. The zero-order valence-corrected chi connectivity index (χ0v) is 15.5. The number of rotatable bonds is 6. The molecule has 7 nitrogen and oxygen atoms in total. The summed E-state index contributed by atoms with van der Waals surface area (Å²) in [6.07, 6.45) is 1.49. The quantitative estimate of drug-likeness (QED) is 0.532. The van der Waals surface area contributed by atoms with Gasteiger partial charge in [0.25, 0.3) is 0 Å². The van der Waals surface area contributed by atoms with Gasteiger partial charge in [-0.1, -0.05) is 36.4 Å². The van der Waals surface area contributed by atoms with Crippen molar-refractivity contribution in [1.82, 2.24) is 14.7 Å². The molecule has 2 aromatic carbocycles. The summed E-state index contributed by atoms with van der Waals surface area (Å²) in [6.45, 7) is 0.415. The maximum absolute atomic E-state index is 11.9. The molecule has 0 aliphatic rings. The van der Waals surface area contributed by atoms with Crippen LogP contribution in [0.2, 0.25) is 0 Å². The van der Waals surface area contributed by atoms with E-state index in [0.29, 0.717) is 17.9 Å². The van der Waals surface area contributed by atoms with Crippen molar-refractivity contribution in [2.75, 3.05) is 12.4 Å². The van der Waals surface area contributed by atoms with Crippen LogP contribution in [0.1, 0.15) is 11.1 Å². The van der Waals surface area contributed by atoms with Gasteiger partial charge in [-0.15, -0.1) is 0 Å². The molecule has 138 valence electrons. The molecule has 27 heavy (non-hydrogen) atoms. The molecule has 0 spiro atoms. The number of hydrogen-bond acceptors (Lipinski definition) is 6. The third-order valence-electron chi connectivity index (χ3n) is 4.38. The van der Waals surface area contributed by atoms with Crippen LogP contribution >= 0.6 is 0 Å². The number of nitrogens with zero attached hydrogens (tertiary/aromatic N) is 2. The molecule has 2 aromatic heterocycles. The molecule has 0 radical (unpaired) electrons. The average molecular weight is 382 g/mol. The van der Waals surface area contributed by atoms with Gasteiger partial charge in [0, 0.05) is 11.9 Å². The smallest absolute Gasteiger partial charge is 0.215 e. The molecule has 0 amide bonds. The van der Waals surface area contributed by atoms with Crippen LogP contribution in [0, 0.1) is 0 Å². The molecule has 8 heteroatoms. The van der Waals surface area contributed by atoms with E-state index in [4.69, 9.17) is 4.42 Å². The number of sulfonamides is 1. The Hall–Kier alpha value is -2.97. The van der Waals surface area contributed by atoms with E-state index in [1.165, 1.54) is 13.4 Å². The van der Waals surface area contributed by atoms with Crippen LogP contribution in [-0.2, 0) is 22.3 Å².